The lowest BCUT2D eigenvalue weighted by molar-refractivity contribution is 0.0520. The summed E-state index contributed by atoms with van der Waals surface area (Å²) >= 11 is 0. The Kier molecular flexibility index (Phi) is 8.49. The maximum Gasteiger partial charge on any atom is 0.407 e. The fourth-order valence-corrected chi connectivity index (χ4v) is 3.70. The Hall–Kier alpha value is -3.51. The minimum absolute atomic E-state index is 0.346. The summed E-state index contributed by atoms with van der Waals surface area (Å²) in [5, 5.41) is 6.32. The lowest BCUT2D eigenvalue weighted by atomic mass is 10.0. The highest BCUT2D eigenvalue weighted by atomic mass is 16.6. The molecule has 0 unspecified atom stereocenters. The van der Waals surface area contributed by atoms with Gasteiger partial charge in [-0.1, -0.05) is 42.5 Å². The molecule has 1 saturated carbocycles. The van der Waals surface area contributed by atoms with E-state index in [0.29, 0.717) is 25.8 Å². The van der Waals surface area contributed by atoms with Gasteiger partial charge in [-0.05, 0) is 86.2 Å². The first-order chi connectivity index (χ1) is 17.3. The number of carbonyl (C=O) groups excluding carboxylic acids is 1. The standard InChI is InChI=1S/C30H36N2O4/c1-30(2,3)36-29(33)31-14-15-34-28-17-23(20-32-26-12-13-26)16-25(19-28)24-10-7-11-27(18-24)35-21-22-8-5-4-6-9-22/h4-11,16-19,26,32H,12-15,20-21H2,1-3H3,(H,31,33). The van der Waals surface area contributed by atoms with Crippen LogP contribution in [0.4, 0.5) is 4.79 Å². The third kappa shape index (κ3) is 8.61. The van der Waals surface area contributed by atoms with Crippen LogP contribution in [0.2, 0.25) is 0 Å². The van der Waals surface area contributed by atoms with E-state index in [1.165, 1.54) is 12.8 Å². The second kappa shape index (κ2) is 12.0. The lowest BCUT2D eigenvalue weighted by Crippen LogP contribution is -2.34. The molecule has 1 amide bonds. The molecule has 0 radical (unpaired) electrons. The van der Waals surface area contributed by atoms with Crippen LogP contribution in [0.15, 0.2) is 72.8 Å². The van der Waals surface area contributed by atoms with Crippen LogP contribution >= 0.6 is 0 Å². The molecule has 3 aromatic rings. The first-order valence-electron chi connectivity index (χ1n) is 12.6. The molecule has 0 aliphatic heterocycles. The number of hydrogen-bond donors (Lipinski definition) is 2. The van der Waals surface area contributed by atoms with Crippen molar-refractivity contribution < 1.29 is 19.0 Å². The zero-order valence-corrected chi connectivity index (χ0v) is 21.4. The van der Waals surface area contributed by atoms with Gasteiger partial charge >= 0.3 is 6.09 Å². The van der Waals surface area contributed by atoms with Gasteiger partial charge < -0.3 is 24.8 Å². The van der Waals surface area contributed by atoms with Crippen LogP contribution < -0.4 is 20.1 Å². The van der Waals surface area contributed by atoms with E-state index in [2.05, 4.69) is 47.0 Å². The first-order valence-corrected chi connectivity index (χ1v) is 12.6. The molecule has 0 atom stereocenters. The van der Waals surface area contributed by atoms with Gasteiger partial charge in [0.05, 0.1) is 6.54 Å². The summed E-state index contributed by atoms with van der Waals surface area (Å²) in [6.45, 7) is 7.54. The van der Waals surface area contributed by atoms with Crippen LogP contribution in [0.1, 0.15) is 44.7 Å². The molecule has 0 heterocycles. The van der Waals surface area contributed by atoms with Gasteiger partial charge in [0.15, 0.2) is 0 Å². The van der Waals surface area contributed by atoms with E-state index in [9.17, 15) is 4.79 Å². The van der Waals surface area contributed by atoms with Gasteiger partial charge in [0.1, 0.15) is 30.3 Å². The molecule has 0 aromatic heterocycles. The molecule has 3 aromatic carbocycles. The number of hydrogen-bond acceptors (Lipinski definition) is 5. The highest BCUT2D eigenvalue weighted by molar-refractivity contribution is 5.68. The maximum absolute atomic E-state index is 11.9. The SMILES string of the molecule is CC(C)(C)OC(=O)NCCOc1cc(CNC2CC2)cc(-c2cccc(OCc3ccccc3)c2)c1. The van der Waals surface area contributed by atoms with Crippen molar-refractivity contribution in [2.24, 2.45) is 0 Å². The second-order valence-electron chi connectivity index (χ2n) is 10.1. The fraction of sp³-hybridized carbons (Fsp3) is 0.367. The van der Waals surface area contributed by atoms with Crippen LogP contribution in [0.3, 0.4) is 0 Å². The van der Waals surface area contributed by atoms with Crippen molar-refractivity contribution in [1.82, 2.24) is 10.6 Å². The molecule has 0 spiro atoms. The minimum atomic E-state index is -0.526. The fourth-order valence-electron chi connectivity index (χ4n) is 3.70. The summed E-state index contributed by atoms with van der Waals surface area (Å²) < 4.78 is 17.3. The van der Waals surface area contributed by atoms with E-state index < -0.39 is 11.7 Å². The van der Waals surface area contributed by atoms with E-state index >= 15 is 0 Å². The molecule has 0 saturated heterocycles. The van der Waals surface area contributed by atoms with Crippen molar-refractivity contribution in [3.63, 3.8) is 0 Å². The van der Waals surface area contributed by atoms with Crippen LogP contribution in [-0.4, -0.2) is 30.9 Å². The summed E-state index contributed by atoms with van der Waals surface area (Å²) in [7, 11) is 0. The van der Waals surface area contributed by atoms with E-state index in [1.54, 1.807) is 0 Å². The Balaban J connectivity index is 1.42. The summed E-state index contributed by atoms with van der Waals surface area (Å²) in [6, 6.07) is 25.2. The van der Waals surface area contributed by atoms with Crippen LogP contribution in [0.5, 0.6) is 11.5 Å². The Bertz CT molecular complexity index is 1140. The number of nitrogens with one attached hydrogen (secondary N) is 2. The summed E-state index contributed by atoms with van der Waals surface area (Å²) in [4.78, 5) is 11.9. The van der Waals surface area contributed by atoms with Gasteiger partial charge in [-0.2, -0.15) is 0 Å². The number of amides is 1. The van der Waals surface area contributed by atoms with Gasteiger partial charge in [0.25, 0.3) is 0 Å². The lowest BCUT2D eigenvalue weighted by Gasteiger charge is -2.19. The molecule has 2 N–H and O–H groups in total. The van der Waals surface area contributed by atoms with Gasteiger partial charge in [-0.25, -0.2) is 4.79 Å². The number of rotatable bonds is 11. The average Bonchev–Trinajstić information content (AvgIpc) is 3.69. The third-order valence-corrected chi connectivity index (χ3v) is 5.59. The molecule has 6 heteroatoms. The van der Waals surface area contributed by atoms with Gasteiger partial charge in [0, 0.05) is 12.6 Å². The average molecular weight is 489 g/mol. The molecule has 190 valence electrons. The maximum atomic E-state index is 11.9. The van der Waals surface area contributed by atoms with E-state index in [4.69, 9.17) is 14.2 Å². The topological polar surface area (TPSA) is 68.8 Å². The molecule has 1 fully saturated rings. The Morgan fingerprint density at radius 2 is 1.64 bits per heavy atom. The van der Waals surface area contributed by atoms with Crippen molar-refractivity contribution in [2.75, 3.05) is 13.2 Å². The Morgan fingerprint density at radius 1 is 0.861 bits per heavy atom. The van der Waals surface area contributed by atoms with Gasteiger partial charge in [0.2, 0.25) is 0 Å². The minimum Gasteiger partial charge on any atom is -0.492 e. The normalized spacial score (nSPS) is 13.2. The molecule has 0 bridgehead atoms. The molecule has 1 aliphatic carbocycles. The van der Waals surface area contributed by atoms with E-state index in [0.717, 1.165) is 40.3 Å². The summed E-state index contributed by atoms with van der Waals surface area (Å²) in [5.41, 5.74) is 3.88. The quantitative estimate of drug-likeness (QED) is 0.320. The molecular formula is C30H36N2O4. The smallest absolute Gasteiger partial charge is 0.407 e. The zero-order chi connectivity index (χ0) is 25.4. The highest BCUT2D eigenvalue weighted by Gasteiger charge is 2.20. The molecule has 1 aliphatic rings. The third-order valence-electron chi connectivity index (χ3n) is 5.59. The second-order valence-corrected chi connectivity index (χ2v) is 10.1. The summed E-state index contributed by atoms with van der Waals surface area (Å²) in [5.74, 6) is 1.59. The Morgan fingerprint density at radius 3 is 2.39 bits per heavy atom. The highest BCUT2D eigenvalue weighted by Crippen LogP contribution is 2.30. The van der Waals surface area contributed by atoms with Crippen molar-refractivity contribution in [1.29, 1.82) is 0 Å². The van der Waals surface area contributed by atoms with Crippen LogP contribution in [0, 0.1) is 0 Å². The molecule has 4 rings (SSSR count). The van der Waals surface area contributed by atoms with Crippen LogP contribution in [-0.2, 0) is 17.9 Å². The van der Waals surface area contributed by atoms with E-state index in [1.807, 2.05) is 57.2 Å². The van der Waals surface area contributed by atoms with Gasteiger partial charge in [-0.3, -0.25) is 0 Å². The van der Waals surface area contributed by atoms with Crippen molar-refractivity contribution in [3.05, 3.63) is 83.9 Å². The predicted molar refractivity (Wildman–Crippen MR) is 142 cm³/mol. The van der Waals surface area contributed by atoms with E-state index in [-0.39, 0.29) is 0 Å². The van der Waals surface area contributed by atoms with Crippen molar-refractivity contribution in [3.8, 4) is 22.6 Å². The number of alkyl carbamates (subject to hydrolysis) is 1. The zero-order valence-electron chi connectivity index (χ0n) is 21.4. The molecule has 36 heavy (non-hydrogen) atoms. The van der Waals surface area contributed by atoms with Crippen molar-refractivity contribution >= 4 is 6.09 Å². The first kappa shape index (κ1) is 25.6. The number of benzene rings is 3. The number of carbonyl (C=O) groups is 1. The number of ether oxygens (including phenoxy) is 3. The molecular weight excluding hydrogens is 452 g/mol. The van der Waals surface area contributed by atoms with Gasteiger partial charge in [-0.15, -0.1) is 0 Å². The monoisotopic (exact) mass is 488 g/mol. The van der Waals surface area contributed by atoms with Crippen LogP contribution in [0.25, 0.3) is 11.1 Å². The van der Waals surface area contributed by atoms with Crippen molar-refractivity contribution in [2.45, 2.75) is 58.4 Å². The largest absolute Gasteiger partial charge is 0.492 e. The summed E-state index contributed by atoms with van der Waals surface area (Å²) in [6.07, 6.45) is 2.03. The Labute approximate surface area is 214 Å². The molecule has 6 nitrogen and oxygen atoms in total. The predicted octanol–water partition coefficient (Wildman–Crippen LogP) is 6.09.